The zero-order valence-corrected chi connectivity index (χ0v) is 11.6. The van der Waals surface area contributed by atoms with Gasteiger partial charge in [-0.15, -0.1) is 10.2 Å². The van der Waals surface area contributed by atoms with Crippen molar-refractivity contribution in [2.75, 3.05) is 0 Å². The highest BCUT2D eigenvalue weighted by molar-refractivity contribution is 5.88. The zero-order chi connectivity index (χ0) is 14.1. The average Bonchev–Trinajstić information content (AvgIpc) is 3.04. The first-order chi connectivity index (χ1) is 9.69. The Morgan fingerprint density at radius 2 is 2.25 bits per heavy atom. The van der Waals surface area contributed by atoms with Crippen LogP contribution in [-0.2, 0) is 17.9 Å². The Morgan fingerprint density at radius 1 is 1.45 bits per heavy atom. The first-order valence-electron chi connectivity index (χ1n) is 6.79. The Kier molecular flexibility index (Phi) is 3.25. The second kappa shape index (κ2) is 5.07. The fraction of sp³-hybridized carbons (Fsp3) is 0.538. The first kappa shape index (κ1) is 12.8. The Balaban J connectivity index is 1.66. The van der Waals surface area contributed by atoms with E-state index in [-0.39, 0.29) is 12.6 Å². The molecule has 0 amide bonds. The molecule has 0 spiro atoms. The number of esters is 1. The van der Waals surface area contributed by atoms with Gasteiger partial charge in [0, 0.05) is 18.8 Å². The van der Waals surface area contributed by atoms with E-state index < -0.39 is 0 Å². The molecular weight excluding hydrogens is 258 g/mol. The van der Waals surface area contributed by atoms with Crippen molar-refractivity contribution in [3.63, 3.8) is 0 Å². The smallest absolute Gasteiger partial charge is 0.341 e. The topological polar surface area (TPSA) is 74.8 Å². The van der Waals surface area contributed by atoms with E-state index in [0.717, 1.165) is 25.2 Å². The largest absolute Gasteiger partial charge is 0.454 e. The average molecular weight is 275 g/mol. The van der Waals surface area contributed by atoms with Crippen LogP contribution in [0.4, 0.5) is 0 Å². The van der Waals surface area contributed by atoms with Crippen LogP contribution in [0.1, 0.15) is 47.8 Å². The summed E-state index contributed by atoms with van der Waals surface area (Å²) in [4.78, 5) is 11.9. The first-order valence-corrected chi connectivity index (χ1v) is 6.79. The fourth-order valence-corrected chi connectivity index (χ4v) is 2.17. The molecule has 0 atom stereocenters. The summed E-state index contributed by atoms with van der Waals surface area (Å²) in [5, 5.41) is 12.2. The minimum absolute atomic E-state index is 0.146. The van der Waals surface area contributed by atoms with Gasteiger partial charge in [-0.05, 0) is 26.7 Å². The molecule has 0 unspecified atom stereocenters. The predicted octanol–water partition coefficient (Wildman–Crippen LogP) is 1.49. The molecule has 7 heteroatoms. The number of hydrogen-bond donors (Lipinski definition) is 0. The summed E-state index contributed by atoms with van der Waals surface area (Å²) < 4.78 is 9.03. The highest BCUT2D eigenvalue weighted by Gasteiger charge is 2.28. The Labute approximate surface area is 116 Å². The molecule has 3 rings (SSSR count). The second-order valence-corrected chi connectivity index (χ2v) is 4.93. The predicted molar refractivity (Wildman–Crippen MR) is 70.1 cm³/mol. The van der Waals surface area contributed by atoms with E-state index in [1.807, 2.05) is 13.8 Å². The van der Waals surface area contributed by atoms with Crippen LogP contribution in [0.5, 0.6) is 0 Å². The van der Waals surface area contributed by atoms with Crippen molar-refractivity contribution in [2.24, 2.45) is 0 Å². The molecule has 106 valence electrons. The second-order valence-electron chi connectivity index (χ2n) is 4.93. The van der Waals surface area contributed by atoms with Crippen LogP contribution in [0.15, 0.2) is 12.4 Å². The van der Waals surface area contributed by atoms with Crippen molar-refractivity contribution in [1.82, 2.24) is 24.5 Å². The maximum Gasteiger partial charge on any atom is 0.341 e. The molecule has 1 saturated carbocycles. The van der Waals surface area contributed by atoms with Gasteiger partial charge in [0.15, 0.2) is 12.4 Å². The van der Waals surface area contributed by atoms with Gasteiger partial charge >= 0.3 is 5.97 Å². The summed E-state index contributed by atoms with van der Waals surface area (Å²) in [6.45, 7) is 4.75. The number of ether oxygens (including phenoxy) is 1. The number of carbonyl (C=O) groups is 1. The summed E-state index contributed by atoms with van der Waals surface area (Å²) in [5.74, 6) is 1.20. The van der Waals surface area contributed by atoms with Gasteiger partial charge in [0.05, 0.1) is 11.8 Å². The lowest BCUT2D eigenvalue weighted by Gasteiger charge is -2.07. The number of rotatable bonds is 5. The van der Waals surface area contributed by atoms with Gasteiger partial charge in [0.1, 0.15) is 5.82 Å². The normalized spacial score (nSPS) is 14.5. The molecule has 0 bridgehead atoms. The number of aryl methyl sites for hydroxylation is 2. The molecule has 0 saturated heterocycles. The van der Waals surface area contributed by atoms with Gasteiger partial charge in [0.2, 0.25) is 0 Å². The van der Waals surface area contributed by atoms with Crippen LogP contribution in [0.25, 0.3) is 0 Å². The lowest BCUT2D eigenvalue weighted by Crippen LogP contribution is -2.10. The van der Waals surface area contributed by atoms with Crippen molar-refractivity contribution >= 4 is 5.97 Å². The molecule has 1 aliphatic rings. The minimum atomic E-state index is -0.382. The third-order valence-electron chi connectivity index (χ3n) is 3.37. The van der Waals surface area contributed by atoms with E-state index in [1.165, 1.54) is 6.20 Å². The molecule has 2 aromatic heterocycles. The Bertz CT molecular complexity index is 626. The molecular formula is C13H17N5O2. The van der Waals surface area contributed by atoms with Crippen LogP contribution in [-0.4, -0.2) is 30.5 Å². The Morgan fingerprint density at radius 3 is 2.90 bits per heavy atom. The number of carbonyl (C=O) groups excluding carboxylic acids is 1. The van der Waals surface area contributed by atoms with Crippen molar-refractivity contribution in [2.45, 2.75) is 45.9 Å². The van der Waals surface area contributed by atoms with Gasteiger partial charge in [-0.2, -0.15) is 5.10 Å². The summed E-state index contributed by atoms with van der Waals surface area (Å²) in [6, 6.07) is 0.474. The minimum Gasteiger partial charge on any atom is -0.454 e. The lowest BCUT2D eigenvalue weighted by atomic mass is 10.4. The van der Waals surface area contributed by atoms with Gasteiger partial charge in [-0.25, -0.2) is 4.79 Å². The summed E-state index contributed by atoms with van der Waals surface area (Å²) in [5.41, 5.74) is 0.459. The molecule has 7 nitrogen and oxygen atoms in total. The lowest BCUT2D eigenvalue weighted by molar-refractivity contribution is 0.0457. The van der Waals surface area contributed by atoms with Crippen LogP contribution in [0.2, 0.25) is 0 Å². The molecule has 2 aromatic rings. The van der Waals surface area contributed by atoms with Crippen LogP contribution < -0.4 is 0 Å². The molecule has 20 heavy (non-hydrogen) atoms. The summed E-state index contributed by atoms with van der Waals surface area (Å²) >= 11 is 0. The van der Waals surface area contributed by atoms with E-state index >= 15 is 0 Å². The maximum absolute atomic E-state index is 11.9. The molecule has 0 aliphatic heterocycles. The molecule has 0 N–H and O–H groups in total. The molecule has 2 heterocycles. The van der Waals surface area contributed by atoms with Crippen LogP contribution in [0.3, 0.4) is 0 Å². The van der Waals surface area contributed by atoms with Gasteiger partial charge < -0.3 is 9.30 Å². The van der Waals surface area contributed by atoms with E-state index in [1.54, 1.807) is 10.9 Å². The molecule has 0 aromatic carbocycles. The van der Waals surface area contributed by atoms with Gasteiger partial charge in [-0.3, -0.25) is 4.68 Å². The third kappa shape index (κ3) is 2.43. The quantitative estimate of drug-likeness (QED) is 0.773. The standard InChI is InChI=1S/C13H17N5O2/c1-3-17-7-10(6-14-17)13(19)20-8-12-16-15-9(2)18(12)11-4-5-11/h6-7,11H,3-5,8H2,1-2H3. The van der Waals surface area contributed by atoms with E-state index in [9.17, 15) is 4.79 Å². The van der Waals surface area contributed by atoms with Crippen molar-refractivity contribution < 1.29 is 9.53 Å². The molecule has 1 fully saturated rings. The summed E-state index contributed by atoms with van der Waals surface area (Å²) in [7, 11) is 0. The van der Waals surface area contributed by atoms with Gasteiger partial charge in [-0.1, -0.05) is 0 Å². The monoisotopic (exact) mass is 275 g/mol. The van der Waals surface area contributed by atoms with E-state index in [4.69, 9.17) is 4.74 Å². The van der Waals surface area contributed by atoms with Gasteiger partial charge in [0.25, 0.3) is 0 Å². The van der Waals surface area contributed by atoms with Crippen LogP contribution >= 0.6 is 0 Å². The molecule has 0 radical (unpaired) electrons. The third-order valence-corrected chi connectivity index (χ3v) is 3.37. The highest BCUT2D eigenvalue weighted by Crippen LogP contribution is 2.36. The van der Waals surface area contributed by atoms with Crippen molar-refractivity contribution in [1.29, 1.82) is 0 Å². The molecule has 1 aliphatic carbocycles. The maximum atomic E-state index is 11.9. The van der Waals surface area contributed by atoms with E-state index in [0.29, 0.717) is 17.4 Å². The fourth-order valence-electron chi connectivity index (χ4n) is 2.17. The summed E-state index contributed by atoms with van der Waals surface area (Å²) in [6.07, 6.45) is 5.48. The Hall–Kier alpha value is -2.18. The SMILES string of the molecule is CCn1cc(C(=O)OCc2nnc(C)n2C2CC2)cn1. The van der Waals surface area contributed by atoms with Crippen molar-refractivity contribution in [3.8, 4) is 0 Å². The number of nitrogens with zero attached hydrogens (tertiary/aromatic N) is 5. The van der Waals surface area contributed by atoms with Crippen LogP contribution in [0, 0.1) is 6.92 Å². The zero-order valence-electron chi connectivity index (χ0n) is 11.6. The number of hydrogen-bond acceptors (Lipinski definition) is 5. The highest BCUT2D eigenvalue weighted by atomic mass is 16.5. The van der Waals surface area contributed by atoms with Crippen molar-refractivity contribution in [3.05, 3.63) is 29.6 Å². The number of aromatic nitrogens is 5. The van der Waals surface area contributed by atoms with E-state index in [2.05, 4.69) is 19.9 Å².